The molecular weight excluding hydrogens is 282 g/mol. The Bertz CT molecular complexity index is 464. The van der Waals surface area contributed by atoms with E-state index in [1.807, 2.05) is 0 Å². The van der Waals surface area contributed by atoms with Gasteiger partial charge in [-0.1, -0.05) is 11.6 Å². The molecule has 5 atom stereocenters. The molecule has 3 rings (SSSR count). The zero-order valence-electron chi connectivity index (χ0n) is 13.5. The maximum atomic E-state index is 12.3. The third kappa shape index (κ3) is 3.07. The minimum atomic E-state index is -0.134. The van der Waals surface area contributed by atoms with Gasteiger partial charge < -0.3 is 19.9 Å². The molecule has 2 fully saturated rings. The Labute approximate surface area is 132 Å². The molecule has 0 aromatic carbocycles. The molecule has 22 heavy (non-hydrogen) atoms. The van der Waals surface area contributed by atoms with E-state index >= 15 is 0 Å². The van der Waals surface area contributed by atoms with Gasteiger partial charge in [0.2, 0.25) is 0 Å². The minimum absolute atomic E-state index is 0.0519. The van der Waals surface area contributed by atoms with Crippen LogP contribution < -0.4 is 5.32 Å². The van der Waals surface area contributed by atoms with E-state index in [1.165, 1.54) is 5.57 Å². The molecule has 0 aromatic heterocycles. The monoisotopic (exact) mass is 309 g/mol. The number of fused-ring (bicyclic) bond motifs is 3. The standard InChI is InChI=1S/C17H27NO4/c1-11-4-3-7-17(2)15(22-17)14-12(6-5-11)13(16(20)21-14)10-18-8-9-19/h4,12-15,18-19H,3,5-10H2,1-2H3/b11-4+/t12-,13-,14-,15-,17+/m0/s1. The Morgan fingerprint density at radius 1 is 1.50 bits per heavy atom. The fourth-order valence-corrected chi connectivity index (χ4v) is 3.91. The number of nitrogens with one attached hydrogen (secondary N) is 1. The first-order chi connectivity index (χ1) is 10.5. The number of esters is 1. The molecule has 0 bridgehead atoms. The molecule has 2 N–H and O–H groups in total. The first-order valence-electron chi connectivity index (χ1n) is 8.40. The van der Waals surface area contributed by atoms with E-state index in [-0.39, 0.29) is 42.2 Å². The molecule has 1 aliphatic carbocycles. The molecule has 3 aliphatic rings. The topological polar surface area (TPSA) is 71.1 Å². The van der Waals surface area contributed by atoms with Gasteiger partial charge in [-0.05, 0) is 39.5 Å². The molecule has 124 valence electrons. The van der Waals surface area contributed by atoms with Crippen molar-refractivity contribution in [2.75, 3.05) is 19.7 Å². The highest BCUT2D eigenvalue weighted by Gasteiger charge is 2.62. The summed E-state index contributed by atoms with van der Waals surface area (Å²) in [7, 11) is 0. The summed E-state index contributed by atoms with van der Waals surface area (Å²) in [6.07, 6.45) is 6.24. The SMILES string of the molecule is C/C1=C\CC[C@@]2(C)O[C@H]2[C@H]2OC(=O)[C@@H](CNCCO)[C@@H]2CC1. The molecule has 2 aliphatic heterocycles. The van der Waals surface area contributed by atoms with Gasteiger partial charge in [0.15, 0.2) is 0 Å². The van der Waals surface area contributed by atoms with Crippen molar-refractivity contribution in [1.29, 1.82) is 0 Å². The molecule has 2 heterocycles. The minimum Gasteiger partial charge on any atom is -0.459 e. The summed E-state index contributed by atoms with van der Waals surface area (Å²) in [5, 5.41) is 12.0. The Morgan fingerprint density at radius 2 is 2.32 bits per heavy atom. The van der Waals surface area contributed by atoms with Crippen molar-refractivity contribution in [2.45, 2.75) is 57.3 Å². The van der Waals surface area contributed by atoms with Crippen molar-refractivity contribution in [3.63, 3.8) is 0 Å². The van der Waals surface area contributed by atoms with Gasteiger partial charge in [-0.3, -0.25) is 4.79 Å². The largest absolute Gasteiger partial charge is 0.459 e. The highest BCUT2D eigenvalue weighted by molar-refractivity contribution is 5.75. The van der Waals surface area contributed by atoms with Gasteiger partial charge in [0, 0.05) is 19.0 Å². The van der Waals surface area contributed by atoms with E-state index in [1.54, 1.807) is 0 Å². The maximum Gasteiger partial charge on any atom is 0.311 e. The summed E-state index contributed by atoms with van der Waals surface area (Å²) in [4.78, 5) is 12.3. The van der Waals surface area contributed by atoms with Crippen LogP contribution in [0, 0.1) is 11.8 Å². The van der Waals surface area contributed by atoms with Gasteiger partial charge in [0.25, 0.3) is 0 Å². The van der Waals surface area contributed by atoms with Crippen molar-refractivity contribution in [2.24, 2.45) is 11.8 Å². The smallest absolute Gasteiger partial charge is 0.311 e. The molecule has 0 saturated carbocycles. The summed E-state index contributed by atoms with van der Waals surface area (Å²) >= 11 is 0. The van der Waals surface area contributed by atoms with Crippen LogP contribution >= 0.6 is 0 Å². The lowest BCUT2D eigenvalue weighted by Crippen LogP contribution is -2.35. The van der Waals surface area contributed by atoms with Gasteiger partial charge in [0.05, 0.1) is 18.1 Å². The number of ether oxygens (including phenoxy) is 2. The van der Waals surface area contributed by atoms with Crippen molar-refractivity contribution in [3.8, 4) is 0 Å². The second-order valence-electron chi connectivity index (χ2n) is 7.08. The van der Waals surface area contributed by atoms with Crippen molar-refractivity contribution in [3.05, 3.63) is 11.6 Å². The van der Waals surface area contributed by atoms with Gasteiger partial charge in [-0.25, -0.2) is 0 Å². The third-order valence-corrected chi connectivity index (χ3v) is 5.39. The normalized spacial score (nSPS) is 43.6. The average molecular weight is 309 g/mol. The summed E-state index contributed by atoms with van der Waals surface area (Å²) < 4.78 is 11.6. The summed E-state index contributed by atoms with van der Waals surface area (Å²) in [5.74, 6) is -0.0386. The predicted molar refractivity (Wildman–Crippen MR) is 82.3 cm³/mol. The molecule has 0 amide bonds. The van der Waals surface area contributed by atoms with E-state index in [9.17, 15) is 4.79 Å². The van der Waals surface area contributed by atoms with E-state index in [2.05, 4.69) is 25.2 Å². The quantitative estimate of drug-likeness (QED) is 0.355. The van der Waals surface area contributed by atoms with E-state index in [0.717, 1.165) is 25.7 Å². The Hall–Kier alpha value is -0.910. The maximum absolute atomic E-state index is 12.3. The predicted octanol–water partition coefficient (Wildman–Crippen LogP) is 1.40. The zero-order valence-corrected chi connectivity index (χ0v) is 13.5. The Morgan fingerprint density at radius 3 is 3.09 bits per heavy atom. The number of aliphatic hydroxyl groups is 1. The average Bonchev–Trinajstić information content (AvgIpc) is 3.04. The summed E-state index contributed by atoms with van der Waals surface area (Å²) in [5.41, 5.74) is 1.26. The molecule has 2 saturated heterocycles. The molecule has 0 aromatic rings. The fourth-order valence-electron chi connectivity index (χ4n) is 3.91. The van der Waals surface area contributed by atoms with Crippen molar-refractivity contribution >= 4 is 5.97 Å². The summed E-state index contributed by atoms with van der Waals surface area (Å²) in [6.45, 7) is 5.47. The van der Waals surface area contributed by atoms with Gasteiger partial charge in [0.1, 0.15) is 12.2 Å². The van der Waals surface area contributed by atoms with Crippen LogP contribution in [-0.4, -0.2) is 48.6 Å². The lowest BCUT2D eigenvalue weighted by molar-refractivity contribution is -0.144. The molecule has 5 nitrogen and oxygen atoms in total. The number of allylic oxidation sites excluding steroid dienone is 2. The van der Waals surface area contributed by atoms with Crippen LogP contribution in [0.15, 0.2) is 11.6 Å². The number of hydrogen-bond donors (Lipinski definition) is 2. The van der Waals surface area contributed by atoms with Crippen LogP contribution in [0.4, 0.5) is 0 Å². The number of carbonyl (C=O) groups is 1. The van der Waals surface area contributed by atoms with E-state index in [0.29, 0.717) is 13.1 Å². The van der Waals surface area contributed by atoms with Crippen LogP contribution in [-0.2, 0) is 14.3 Å². The van der Waals surface area contributed by atoms with E-state index in [4.69, 9.17) is 14.6 Å². The summed E-state index contributed by atoms with van der Waals surface area (Å²) in [6, 6.07) is 0. The second kappa shape index (κ2) is 6.30. The second-order valence-corrected chi connectivity index (χ2v) is 7.08. The molecule has 0 spiro atoms. The van der Waals surface area contributed by atoms with Crippen LogP contribution in [0.25, 0.3) is 0 Å². The van der Waals surface area contributed by atoms with Crippen LogP contribution in [0.3, 0.4) is 0 Å². The first-order valence-corrected chi connectivity index (χ1v) is 8.40. The van der Waals surface area contributed by atoms with Gasteiger partial charge >= 0.3 is 5.97 Å². The van der Waals surface area contributed by atoms with Crippen molar-refractivity contribution in [1.82, 2.24) is 5.32 Å². The lowest BCUT2D eigenvalue weighted by atomic mass is 9.80. The first kappa shape index (κ1) is 16.0. The van der Waals surface area contributed by atoms with Crippen LogP contribution in [0.5, 0.6) is 0 Å². The number of rotatable bonds is 4. The Kier molecular flexibility index (Phi) is 4.57. The number of hydrogen-bond acceptors (Lipinski definition) is 5. The Balaban J connectivity index is 1.75. The van der Waals surface area contributed by atoms with Crippen molar-refractivity contribution < 1.29 is 19.4 Å². The highest BCUT2D eigenvalue weighted by Crippen LogP contribution is 2.50. The van der Waals surface area contributed by atoms with Crippen LogP contribution in [0.2, 0.25) is 0 Å². The number of carbonyl (C=O) groups excluding carboxylic acids is 1. The molecular formula is C17H27NO4. The fraction of sp³-hybridized carbons (Fsp3) is 0.824. The van der Waals surface area contributed by atoms with Gasteiger partial charge in [-0.15, -0.1) is 0 Å². The highest BCUT2D eigenvalue weighted by atomic mass is 16.6. The van der Waals surface area contributed by atoms with Gasteiger partial charge in [-0.2, -0.15) is 0 Å². The number of aliphatic hydroxyl groups excluding tert-OH is 1. The lowest BCUT2D eigenvalue weighted by Gasteiger charge is -2.22. The molecule has 0 unspecified atom stereocenters. The molecule has 5 heteroatoms. The third-order valence-electron chi connectivity index (χ3n) is 5.39. The van der Waals surface area contributed by atoms with Crippen LogP contribution in [0.1, 0.15) is 39.5 Å². The number of epoxide rings is 1. The molecule has 0 radical (unpaired) electrons. The zero-order chi connectivity index (χ0) is 15.7. The van der Waals surface area contributed by atoms with E-state index < -0.39 is 0 Å².